The van der Waals surface area contributed by atoms with E-state index in [0.717, 1.165) is 71.8 Å². The summed E-state index contributed by atoms with van der Waals surface area (Å²) in [5.41, 5.74) is 11.6. The molecule has 0 bridgehead atoms. The maximum absolute atomic E-state index is 10.6. The Morgan fingerprint density at radius 2 is 0.825 bits per heavy atom. The summed E-state index contributed by atoms with van der Waals surface area (Å²) >= 11 is 0. The number of nitrogens with zero attached hydrogens (tertiary/aromatic N) is 6. The zero-order chi connectivity index (χ0) is 38.2. The third-order valence-corrected chi connectivity index (χ3v) is 11.3. The highest BCUT2D eigenvalue weighted by Crippen LogP contribution is 2.41. The molecule has 57 heavy (non-hydrogen) atoms. The zero-order valence-corrected chi connectivity index (χ0v) is 30.3. The van der Waals surface area contributed by atoms with E-state index < -0.39 is 0 Å². The van der Waals surface area contributed by atoms with E-state index in [1.54, 1.807) is 6.07 Å². The summed E-state index contributed by atoms with van der Waals surface area (Å²) < 4.78 is 6.67. The molecule has 3 aromatic heterocycles. The predicted octanol–water partition coefficient (Wildman–Crippen LogP) is 12.3. The molecule has 0 spiro atoms. The van der Waals surface area contributed by atoms with Crippen LogP contribution >= 0.6 is 0 Å². The Morgan fingerprint density at radius 3 is 1.42 bits per heavy atom. The van der Waals surface area contributed by atoms with Gasteiger partial charge in [0.25, 0.3) is 0 Å². The molecular weight excluding hydrogens is 697 g/mol. The molecular formula is C51H28N6. The van der Waals surface area contributed by atoms with Gasteiger partial charge in [-0.1, -0.05) is 103 Å². The minimum Gasteiger partial charge on any atom is -0.307 e. The van der Waals surface area contributed by atoms with Crippen molar-refractivity contribution in [2.75, 3.05) is 0 Å². The summed E-state index contributed by atoms with van der Waals surface area (Å²) in [4.78, 5) is 0. The quantitative estimate of drug-likeness (QED) is 0.181. The third-order valence-electron chi connectivity index (χ3n) is 11.3. The average molecular weight is 725 g/mol. The Labute approximate surface area is 326 Å². The molecule has 0 aliphatic heterocycles. The standard InChI is InChI=1S/C51H28N6/c52-29-33-11-9-21-47-49(33)42-15-4-8-20-46(42)57(47)50-35(30-53)27-34(28-36(50)31-54)32-23-25-37(26-24-32)55-43-17-5-3-14-40(43)41-16-10-22-48(51(41)55)56-44-18-6-1-12-38(44)39-13-2-7-19-45(39)56/h1-28H. The normalized spacial score (nSPS) is 11.5. The Morgan fingerprint density at radius 1 is 0.351 bits per heavy atom. The smallest absolute Gasteiger partial charge is 0.101 e. The van der Waals surface area contributed by atoms with E-state index in [4.69, 9.17) is 0 Å². The predicted molar refractivity (Wildman–Crippen MR) is 229 cm³/mol. The summed E-state index contributed by atoms with van der Waals surface area (Å²) in [7, 11) is 0. The third kappa shape index (κ3) is 4.55. The topological polar surface area (TPSA) is 86.2 Å². The van der Waals surface area contributed by atoms with Gasteiger partial charge in [0.15, 0.2) is 0 Å². The van der Waals surface area contributed by atoms with Crippen molar-refractivity contribution in [3.63, 3.8) is 0 Å². The molecule has 11 aromatic rings. The summed E-state index contributed by atoms with van der Waals surface area (Å²) in [6.45, 7) is 0. The first-order chi connectivity index (χ1) is 28.2. The van der Waals surface area contributed by atoms with Crippen molar-refractivity contribution in [3.8, 4) is 46.4 Å². The van der Waals surface area contributed by atoms with Crippen LogP contribution in [0.4, 0.5) is 0 Å². The van der Waals surface area contributed by atoms with Crippen LogP contribution in [0.15, 0.2) is 170 Å². The fraction of sp³-hybridized carbons (Fsp3) is 0. The van der Waals surface area contributed by atoms with Gasteiger partial charge in [0, 0.05) is 38.0 Å². The lowest BCUT2D eigenvalue weighted by Gasteiger charge is -2.16. The van der Waals surface area contributed by atoms with E-state index in [2.05, 4.69) is 143 Å². The van der Waals surface area contributed by atoms with Gasteiger partial charge in [-0.3, -0.25) is 0 Å². The van der Waals surface area contributed by atoms with Gasteiger partial charge < -0.3 is 13.7 Å². The summed E-state index contributed by atoms with van der Waals surface area (Å²) in [5.74, 6) is 0. The van der Waals surface area contributed by atoms with Gasteiger partial charge in [-0.15, -0.1) is 0 Å². The Hall–Kier alpha value is -8.37. The van der Waals surface area contributed by atoms with Gasteiger partial charge >= 0.3 is 0 Å². The number of benzene rings is 8. The van der Waals surface area contributed by atoms with Crippen molar-refractivity contribution in [2.24, 2.45) is 0 Å². The van der Waals surface area contributed by atoms with E-state index in [9.17, 15) is 15.8 Å². The molecule has 11 rings (SSSR count). The van der Waals surface area contributed by atoms with Crippen LogP contribution in [0.1, 0.15) is 16.7 Å². The SMILES string of the molecule is N#Cc1cc(-c2ccc(-n3c4ccccc4c4cccc(-n5c6ccccc6c6ccccc65)c43)cc2)cc(C#N)c1-n1c2ccccc2c2c(C#N)cccc21. The molecule has 262 valence electrons. The number of para-hydroxylation sites is 5. The van der Waals surface area contributed by atoms with E-state index in [1.807, 2.05) is 53.1 Å². The van der Waals surface area contributed by atoms with Crippen LogP contribution in [0.25, 0.3) is 93.6 Å². The van der Waals surface area contributed by atoms with Gasteiger partial charge in [0.1, 0.15) is 12.1 Å². The highest BCUT2D eigenvalue weighted by Gasteiger charge is 2.22. The number of rotatable bonds is 4. The molecule has 0 N–H and O–H groups in total. The summed E-state index contributed by atoms with van der Waals surface area (Å²) in [6.07, 6.45) is 0. The van der Waals surface area contributed by atoms with Crippen LogP contribution in [-0.2, 0) is 0 Å². The van der Waals surface area contributed by atoms with Crippen LogP contribution in [0.5, 0.6) is 0 Å². The maximum atomic E-state index is 10.6. The van der Waals surface area contributed by atoms with Crippen molar-refractivity contribution < 1.29 is 0 Å². The van der Waals surface area contributed by atoms with Gasteiger partial charge in [0.2, 0.25) is 0 Å². The number of fused-ring (bicyclic) bond motifs is 9. The molecule has 0 radical (unpaired) electrons. The van der Waals surface area contributed by atoms with Crippen LogP contribution in [0.3, 0.4) is 0 Å². The Kier molecular flexibility index (Phi) is 6.95. The highest BCUT2D eigenvalue weighted by atomic mass is 15.1. The number of aromatic nitrogens is 3. The number of hydrogen-bond acceptors (Lipinski definition) is 3. The van der Waals surface area contributed by atoms with Gasteiger partial charge in [-0.25, -0.2) is 0 Å². The van der Waals surface area contributed by atoms with E-state index in [0.29, 0.717) is 22.4 Å². The van der Waals surface area contributed by atoms with Crippen molar-refractivity contribution in [1.82, 2.24) is 13.7 Å². The largest absolute Gasteiger partial charge is 0.307 e. The molecule has 0 unspecified atom stereocenters. The molecule has 0 fully saturated rings. The average Bonchev–Trinajstić information content (AvgIpc) is 3.92. The first-order valence-electron chi connectivity index (χ1n) is 18.7. The van der Waals surface area contributed by atoms with Gasteiger partial charge in [-0.2, -0.15) is 15.8 Å². The molecule has 0 atom stereocenters. The van der Waals surface area contributed by atoms with Crippen molar-refractivity contribution in [2.45, 2.75) is 0 Å². The first kappa shape index (κ1) is 32.1. The highest BCUT2D eigenvalue weighted by molar-refractivity contribution is 6.15. The van der Waals surface area contributed by atoms with E-state index in [-0.39, 0.29) is 0 Å². The molecule has 0 aliphatic rings. The molecule has 3 heterocycles. The first-order valence-corrected chi connectivity index (χ1v) is 18.7. The summed E-state index contributed by atoms with van der Waals surface area (Å²) in [5, 5.41) is 37.7. The van der Waals surface area contributed by atoms with Crippen LogP contribution < -0.4 is 0 Å². The van der Waals surface area contributed by atoms with E-state index >= 15 is 0 Å². The fourth-order valence-corrected chi connectivity index (χ4v) is 9.00. The van der Waals surface area contributed by atoms with Crippen LogP contribution in [0.2, 0.25) is 0 Å². The van der Waals surface area contributed by atoms with Crippen LogP contribution in [-0.4, -0.2) is 13.7 Å². The fourth-order valence-electron chi connectivity index (χ4n) is 9.00. The zero-order valence-electron chi connectivity index (χ0n) is 30.3. The Balaban J connectivity index is 1.10. The lowest BCUT2D eigenvalue weighted by Crippen LogP contribution is -2.02. The monoisotopic (exact) mass is 724 g/mol. The molecule has 8 aromatic carbocycles. The van der Waals surface area contributed by atoms with Gasteiger partial charge in [0.05, 0.1) is 67.2 Å². The second kappa shape index (κ2) is 12.3. The summed E-state index contributed by atoms with van der Waals surface area (Å²) in [6, 6.07) is 64.9. The minimum atomic E-state index is 0.372. The second-order valence-electron chi connectivity index (χ2n) is 14.3. The minimum absolute atomic E-state index is 0.372. The van der Waals surface area contributed by atoms with Crippen molar-refractivity contribution in [1.29, 1.82) is 15.8 Å². The molecule has 6 nitrogen and oxygen atoms in total. The Bertz CT molecular complexity index is 3520. The van der Waals surface area contributed by atoms with Gasteiger partial charge in [-0.05, 0) is 77.9 Å². The van der Waals surface area contributed by atoms with Crippen molar-refractivity contribution in [3.05, 3.63) is 187 Å². The number of nitriles is 3. The second-order valence-corrected chi connectivity index (χ2v) is 14.3. The van der Waals surface area contributed by atoms with E-state index in [1.165, 1.54) is 16.2 Å². The molecule has 0 amide bonds. The molecule has 6 heteroatoms. The molecule has 0 saturated heterocycles. The molecule has 0 aliphatic carbocycles. The maximum Gasteiger partial charge on any atom is 0.101 e. The lowest BCUT2D eigenvalue weighted by atomic mass is 9.98. The number of hydrogen-bond donors (Lipinski definition) is 0. The van der Waals surface area contributed by atoms with Crippen LogP contribution in [0, 0.1) is 34.0 Å². The lowest BCUT2D eigenvalue weighted by molar-refractivity contribution is 1.13. The molecule has 0 saturated carbocycles. The van der Waals surface area contributed by atoms with Crippen molar-refractivity contribution >= 4 is 65.4 Å².